The van der Waals surface area contributed by atoms with Crippen LogP contribution in [-0.2, 0) is 11.3 Å². The predicted molar refractivity (Wildman–Crippen MR) is 99.3 cm³/mol. The molecule has 6 heteroatoms. The molecule has 0 unspecified atom stereocenters. The molecule has 0 atom stereocenters. The van der Waals surface area contributed by atoms with E-state index in [9.17, 15) is 4.79 Å². The van der Waals surface area contributed by atoms with Gasteiger partial charge in [0.2, 0.25) is 5.91 Å². The van der Waals surface area contributed by atoms with E-state index < -0.39 is 0 Å². The summed E-state index contributed by atoms with van der Waals surface area (Å²) in [5.41, 5.74) is 1.04. The van der Waals surface area contributed by atoms with Crippen molar-refractivity contribution in [1.82, 2.24) is 15.1 Å². The Kier molecular flexibility index (Phi) is 6.91. The Bertz CT molecular complexity index is 582. The predicted octanol–water partition coefficient (Wildman–Crippen LogP) is 2.75. The minimum atomic E-state index is -0.00753. The van der Waals surface area contributed by atoms with E-state index >= 15 is 0 Å². The van der Waals surface area contributed by atoms with E-state index in [1.807, 2.05) is 36.2 Å². The van der Waals surface area contributed by atoms with Crippen molar-refractivity contribution in [3.05, 3.63) is 34.9 Å². The lowest BCUT2D eigenvalue weighted by Gasteiger charge is -2.26. The van der Waals surface area contributed by atoms with Gasteiger partial charge < -0.3 is 15.1 Å². The first-order valence-corrected chi connectivity index (χ1v) is 8.81. The molecule has 0 aliphatic heterocycles. The molecule has 1 saturated carbocycles. The zero-order valence-corrected chi connectivity index (χ0v) is 15.5. The van der Waals surface area contributed by atoms with Gasteiger partial charge in [-0.3, -0.25) is 4.79 Å². The quantitative estimate of drug-likeness (QED) is 0.656. The molecule has 1 amide bonds. The van der Waals surface area contributed by atoms with Crippen LogP contribution >= 0.6 is 11.6 Å². The van der Waals surface area contributed by atoms with E-state index in [0.717, 1.165) is 29.4 Å². The second-order valence-corrected chi connectivity index (χ2v) is 6.91. The average Bonchev–Trinajstić information content (AvgIpc) is 3.06. The molecule has 1 aliphatic carbocycles. The molecular formula is C18H27ClN4O. The fourth-order valence-electron chi connectivity index (χ4n) is 2.77. The lowest BCUT2D eigenvalue weighted by Crippen LogP contribution is -2.43. The summed E-state index contributed by atoms with van der Waals surface area (Å²) in [5.74, 6) is 0.754. The van der Waals surface area contributed by atoms with Crippen molar-refractivity contribution in [1.29, 1.82) is 0 Å². The van der Waals surface area contributed by atoms with Crippen molar-refractivity contribution in [2.24, 2.45) is 4.99 Å². The van der Waals surface area contributed by atoms with Crippen molar-refractivity contribution in [3.63, 3.8) is 0 Å². The summed E-state index contributed by atoms with van der Waals surface area (Å²) in [4.78, 5) is 20.0. The monoisotopic (exact) mass is 350 g/mol. The molecule has 1 fully saturated rings. The Morgan fingerprint density at radius 2 is 1.92 bits per heavy atom. The number of amides is 1. The van der Waals surface area contributed by atoms with Gasteiger partial charge in [0, 0.05) is 38.8 Å². The van der Waals surface area contributed by atoms with E-state index in [1.54, 1.807) is 19.0 Å². The van der Waals surface area contributed by atoms with Gasteiger partial charge in [-0.25, -0.2) is 4.99 Å². The number of likely N-dealkylation sites (N-methyl/N-ethyl adjacent to an activating group) is 1. The van der Waals surface area contributed by atoms with Crippen LogP contribution in [0.5, 0.6) is 0 Å². The summed E-state index contributed by atoms with van der Waals surface area (Å²) in [6.07, 6.45) is 4.80. The standard InChI is InChI=1S/C18H27ClN4O/c1-22(2)17(24)12-20-18(21-15-9-5-6-10-15)23(3)13-14-8-4-7-11-16(14)19/h4,7-8,11,15H,5-6,9-10,12-13H2,1-3H3,(H,20,21). The summed E-state index contributed by atoms with van der Waals surface area (Å²) >= 11 is 6.26. The molecule has 24 heavy (non-hydrogen) atoms. The smallest absolute Gasteiger partial charge is 0.243 e. The zero-order valence-electron chi connectivity index (χ0n) is 14.8. The molecule has 0 radical (unpaired) electrons. The normalized spacial score (nSPS) is 15.4. The van der Waals surface area contributed by atoms with E-state index in [0.29, 0.717) is 12.6 Å². The van der Waals surface area contributed by atoms with Gasteiger partial charge in [-0.1, -0.05) is 42.6 Å². The van der Waals surface area contributed by atoms with Gasteiger partial charge in [0.15, 0.2) is 5.96 Å². The molecule has 0 heterocycles. The maximum absolute atomic E-state index is 11.9. The fraction of sp³-hybridized carbons (Fsp3) is 0.556. The number of halogens is 1. The van der Waals surface area contributed by atoms with Gasteiger partial charge in [0.05, 0.1) is 0 Å². The lowest BCUT2D eigenvalue weighted by molar-refractivity contribution is -0.127. The minimum Gasteiger partial charge on any atom is -0.353 e. The number of carbonyl (C=O) groups is 1. The van der Waals surface area contributed by atoms with Crippen LogP contribution in [0.3, 0.4) is 0 Å². The van der Waals surface area contributed by atoms with Gasteiger partial charge >= 0.3 is 0 Å². The van der Waals surface area contributed by atoms with Crippen molar-refractivity contribution in [2.75, 3.05) is 27.7 Å². The topological polar surface area (TPSA) is 47.9 Å². The van der Waals surface area contributed by atoms with Crippen LogP contribution < -0.4 is 5.32 Å². The Morgan fingerprint density at radius 3 is 2.54 bits per heavy atom. The van der Waals surface area contributed by atoms with Crippen LogP contribution in [0.25, 0.3) is 0 Å². The summed E-state index contributed by atoms with van der Waals surface area (Å²) < 4.78 is 0. The highest BCUT2D eigenvalue weighted by atomic mass is 35.5. The highest BCUT2D eigenvalue weighted by Gasteiger charge is 2.19. The lowest BCUT2D eigenvalue weighted by atomic mass is 10.2. The minimum absolute atomic E-state index is 0.00753. The van der Waals surface area contributed by atoms with Gasteiger partial charge in [-0.2, -0.15) is 0 Å². The van der Waals surface area contributed by atoms with Crippen molar-refractivity contribution in [3.8, 4) is 0 Å². The van der Waals surface area contributed by atoms with Crippen molar-refractivity contribution < 1.29 is 4.79 Å². The maximum Gasteiger partial charge on any atom is 0.243 e. The molecule has 0 aromatic heterocycles. The first-order valence-electron chi connectivity index (χ1n) is 8.43. The Hall–Kier alpha value is -1.75. The van der Waals surface area contributed by atoms with E-state index in [-0.39, 0.29) is 12.5 Å². The zero-order chi connectivity index (χ0) is 17.5. The number of carbonyl (C=O) groups excluding carboxylic acids is 1. The van der Waals surface area contributed by atoms with E-state index in [4.69, 9.17) is 11.6 Å². The first kappa shape index (κ1) is 18.6. The number of benzene rings is 1. The van der Waals surface area contributed by atoms with E-state index in [2.05, 4.69) is 10.3 Å². The molecule has 5 nitrogen and oxygen atoms in total. The average molecular weight is 351 g/mol. The fourth-order valence-corrected chi connectivity index (χ4v) is 2.97. The number of hydrogen-bond donors (Lipinski definition) is 1. The molecule has 2 rings (SSSR count). The summed E-state index contributed by atoms with van der Waals surface area (Å²) in [6, 6.07) is 8.24. The number of nitrogens with one attached hydrogen (secondary N) is 1. The third-order valence-electron chi connectivity index (χ3n) is 4.28. The number of guanidine groups is 1. The molecule has 1 N–H and O–H groups in total. The third kappa shape index (κ3) is 5.41. The van der Waals surface area contributed by atoms with Crippen LogP contribution in [0.2, 0.25) is 5.02 Å². The molecule has 0 bridgehead atoms. The summed E-state index contributed by atoms with van der Waals surface area (Å²) in [5, 5.41) is 4.26. The van der Waals surface area contributed by atoms with Crippen LogP contribution in [0, 0.1) is 0 Å². The Balaban J connectivity index is 2.09. The summed E-state index contributed by atoms with van der Waals surface area (Å²) in [6.45, 7) is 0.795. The maximum atomic E-state index is 11.9. The number of aliphatic imine (C=N–C) groups is 1. The molecule has 1 aliphatic rings. The molecule has 132 valence electrons. The SMILES string of the molecule is CN(C)C(=O)CN=C(NC1CCCC1)N(C)Cc1ccccc1Cl. The molecular weight excluding hydrogens is 324 g/mol. The van der Waals surface area contributed by atoms with Gasteiger partial charge in [0.25, 0.3) is 0 Å². The summed E-state index contributed by atoms with van der Waals surface area (Å²) in [7, 11) is 5.47. The molecule has 1 aromatic carbocycles. The Labute approximate surface area is 149 Å². The second-order valence-electron chi connectivity index (χ2n) is 6.50. The van der Waals surface area contributed by atoms with Crippen LogP contribution in [-0.4, -0.2) is 55.4 Å². The number of rotatable bonds is 5. The first-order chi connectivity index (χ1) is 11.5. The Morgan fingerprint density at radius 1 is 1.25 bits per heavy atom. The van der Waals surface area contributed by atoms with Crippen LogP contribution in [0.1, 0.15) is 31.2 Å². The highest BCUT2D eigenvalue weighted by molar-refractivity contribution is 6.31. The largest absolute Gasteiger partial charge is 0.353 e. The highest BCUT2D eigenvalue weighted by Crippen LogP contribution is 2.19. The van der Waals surface area contributed by atoms with Gasteiger partial charge in [-0.15, -0.1) is 0 Å². The molecule has 1 aromatic rings. The van der Waals surface area contributed by atoms with E-state index in [1.165, 1.54) is 12.8 Å². The molecule has 0 spiro atoms. The number of nitrogens with zero attached hydrogens (tertiary/aromatic N) is 3. The van der Waals surface area contributed by atoms with Crippen LogP contribution in [0.15, 0.2) is 29.3 Å². The van der Waals surface area contributed by atoms with Crippen LogP contribution in [0.4, 0.5) is 0 Å². The third-order valence-corrected chi connectivity index (χ3v) is 4.65. The van der Waals surface area contributed by atoms with Crippen molar-refractivity contribution >= 4 is 23.5 Å². The van der Waals surface area contributed by atoms with Crippen molar-refractivity contribution in [2.45, 2.75) is 38.3 Å². The van der Waals surface area contributed by atoms with Gasteiger partial charge in [-0.05, 0) is 24.5 Å². The number of hydrogen-bond acceptors (Lipinski definition) is 2. The van der Waals surface area contributed by atoms with Gasteiger partial charge in [0.1, 0.15) is 6.54 Å². The molecule has 0 saturated heterocycles. The second kappa shape index (κ2) is 8.92.